The van der Waals surface area contributed by atoms with Crippen LogP contribution < -0.4 is 4.74 Å². The molecule has 3 rings (SSSR count). The minimum Gasteiger partial charge on any atom is -0.487 e. The third kappa shape index (κ3) is 2.11. The monoisotopic (exact) mass is 252 g/mol. The van der Waals surface area contributed by atoms with Crippen molar-refractivity contribution in [3.63, 3.8) is 0 Å². The predicted octanol–water partition coefficient (Wildman–Crippen LogP) is 4.24. The molecule has 1 saturated carbocycles. The van der Waals surface area contributed by atoms with Crippen molar-refractivity contribution in [3.05, 3.63) is 29.3 Å². The first kappa shape index (κ1) is 11.9. The van der Waals surface area contributed by atoms with Gasteiger partial charge in [0.15, 0.2) is 11.6 Å². The number of aryl methyl sites for hydroxylation is 1. The molecule has 2 aliphatic rings. The molecule has 0 saturated heterocycles. The first-order chi connectivity index (χ1) is 8.75. The largest absolute Gasteiger partial charge is 0.487 e. The van der Waals surface area contributed by atoms with Crippen molar-refractivity contribution in [1.82, 2.24) is 0 Å². The van der Waals surface area contributed by atoms with E-state index in [2.05, 4.69) is 0 Å². The third-order valence-corrected chi connectivity index (χ3v) is 4.27. The van der Waals surface area contributed by atoms with Gasteiger partial charge in [-0.25, -0.2) is 4.39 Å². The van der Waals surface area contributed by atoms with E-state index in [4.69, 9.17) is 4.74 Å². The van der Waals surface area contributed by atoms with E-state index in [0.717, 1.165) is 31.2 Å². The summed E-state index contributed by atoms with van der Waals surface area (Å²) in [5.74, 6) is -0.933. The van der Waals surface area contributed by atoms with Gasteiger partial charge < -0.3 is 4.74 Å². The quantitative estimate of drug-likeness (QED) is 0.726. The average molecular weight is 252 g/mol. The molecule has 1 aliphatic carbocycles. The molecule has 1 aromatic rings. The highest BCUT2D eigenvalue weighted by Gasteiger charge is 2.31. The minimum atomic E-state index is -0.812. The van der Waals surface area contributed by atoms with E-state index >= 15 is 0 Å². The lowest BCUT2D eigenvalue weighted by atomic mass is 9.82. The summed E-state index contributed by atoms with van der Waals surface area (Å²) in [5, 5.41) is 0. The number of fused-ring (bicyclic) bond motifs is 1. The van der Waals surface area contributed by atoms with Crippen LogP contribution in [-0.4, -0.2) is 6.10 Å². The summed E-state index contributed by atoms with van der Waals surface area (Å²) in [6.45, 7) is 0. The van der Waals surface area contributed by atoms with Crippen molar-refractivity contribution in [2.45, 2.75) is 51.0 Å². The van der Waals surface area contributed by atoms with Crippen molar-refractivity contribution in [2.75, 3.05) is 0 Å². The second-order valence-electron chi connectivity index (χ2n) is 5.44. The van der Waals surface area contributed by atoms with Crippen LogP contribution in [0.3, 0.4) is 0 Å². The number of halogens is 2. The van der Waals surface area contributed by atoms with Crippen LogP contribution in [0.4, 0.5) is 8.78 Å². The fraction of sp³-hybridized carbons (Fsp3) is 0.600. The summed E-state index contributed by atoms with van der Waals surface area (Å²) in [7, 11) is 0. The van der Waals surface area contributed by atoms with Crippen LogP contribution in [0.1, 0.15) is 44.1 Å². The van der Waals surface area contributed by atoms with Crippen LogP contribution in [0.2, 0.25) is 0 Å². The molecule has 18 heavy (non-hydrogen) atoms. The molecule has 1 fully saturated rings. The van der Waals surface area contributed by atoms with Gasteiger partial charge >= 0.3 is 0 Å². The maximum atomic E-state index is 13.7. The van der Waals surface area contributed by atoms with Gasteiger partial charge in [-0.15, -0.1) is 0 Å². The number of rotatable bonds is 1. The molecule has 0 spiro atoms. The zero-order chi connectivity index (χ0) is 12.5. The lowest BCUT2D eigenvalue weighted by molar-refractivity contribution is 0.0824. The second kappa shape index (κ2) is 4.87. The Morgan fingerprint density at radius 1 is 1.00 bits per heavy atom. The standard InChI is InChI=1S/C15H18F2O/c16-12-8-6-11-7-9-13(18-15(11)14(12)17)10-4-2-1-3-5-10/h6,8,10,13H,1-5,7,9H2. The smallest absolute Gasteiger partial charge is 0.200 e. The topological polar surface area (TPSA) is 9.23 Å². The van der Waals surface area contributed by atoms with Crippen molar-refractivity contribution < 1.29 is 13.5 Å². The van der Waals surface area contributed by atoms with Crippen molar-refractivity contribution in [2.24, 2.45) is 5.92 Å². The van der Waals surface area contributed by atoms with Crippen LogP contribution in [0.25, 0.3) is 0 Å². The van der Waals surface area contributed by atoms with Gasteiger partial charge in [-0.05, 0) is 43.2 Å². The first-order valence-electron chi connectivity index (χ1n) is 6.89. The Labute approximate surface area is 106 Å². The van der Waals surface area contributed by atoms with E-state index in [1.807, 2.05) is 0 Å². The Bertz CT molecular complexity index is 438. The third-order valence-electron chi connectivity index (χ3n) is 4.27. The Morgan fingerprint density at radius 3 is 2.56 bits per heavy atom. The molecular weight excluding hydrogens is 234 g/mol. The molecule has 1 unspecified atom stereocenters. The molecular formula is C15H18F2O. The van der Waals surface area contributed by atoms with Gasteiger partial charge in [-0.1, -0.05) is 25.3 Å². The van der Waals surface area contributed by atoms with Gasteiger partial charge in [-0.3, -0.25) is 0 Å². The summed E-state index contributed by atoms with van der Waals surface area (Å²) in [5.41, 5.74) is 0.806. The molecule has 1 aliphatic heterocycles. The first-order valence-corrected chi connectivity index (χ1v) is 6.89. The van der Waals surface area contributed by atoms with Crippen LogP contribution in [0.15, 0.2) is 12.1 Å². The molecule has 1 heterocycles. The van der Waals surface area contributed by atoms with E-state index in [0.29, 0.717) is 5.92 Å². The highest BCUT2D eigenvalue weighted by Crippen LogP contribution is 2.37. The number of hydrogen-bond acceptors (Lipinski definition) is 1. The van der Waals surface area contributed by atoms with Crippen molar-refractivity contribution in [1.29, 1.82) is 0 Å². The van der Waals surface area contributed by atoms with E-state index in [9.17, 15) is 8.78 Å². The van der Waals surface area contributed by atoms with Gasteiger partial charge in [0.25, 0.3) is 0 Å². The maximum Gasteiger partial charge on any atom is 0.200 e. The molecule has 0 radical (unpaired) electrons. The molecule has 0 amide bonds. The zero-order valence-corrected chi connectivity index (χ0v) is 10.4. The van der Waals surface area contributed by atoms with Crippen LogP contribution in [0.5, 0.6) is 5.75 Å². The molecule has 3 heteroatoms. The number of benzene rings is 1. The molecule has 0 bridgehead atoms. The lowest BCUT2D eigenvalue weighted by Gasteiger charge is -2.34. The predicted molar refractivity (Wildman–Crippen MR) is 65.7 cm³/mol. The van der Waals surface area contributed by atoms with Crippen LogP contribution in [0, 0.1) is 17.6 Å². The number of hydrogen-bond donors (Lipinski definition) is 0. The lowest BCUT2D eigenvalue weighted by Crippen LogP contribution is -2.32. The van der Waals surface area contributed by atoms with Crippen molar-refractivity contribution >= 4 is 0 Å². The molecule has 98 valence electrons. The SMILES string of the molecule is Fc1ccc2c(c1F)OC(C1CCCCC1)CC2. The van der Waals surface area contributed by atoms with Crippen LogP contribution >= 0.6 is 0 Å². The zero-order valence-electron chi connectivity index (χ0n) is 10.4. The van der Waals surface area contributed by atoms with E-state index in [-0.39, 0.29) is 11.9 Å². The van der Waals surface area contributed by atoms with Crippen molar-refractivity contribution in [3.8, 4) is 5.75 Å². The second-order valence-corrected chi connectivity index (χ2v) is 5.44. The van der Waals surface area contributed by atoms with Gasteiger partial charge in [0, 0.05) is 0 Å². The summed E-state index contributed by atoms with van der Waals surface area (Å²) < 4.78 is 32.7. The minimum absolute atomic E-state index is 0.0779. The Balaban J connectivity index is 1.81. The normalized spacial score (nSPS) is 24.4. The summed E-state index contributed by atoms with van der Waals surface area (Å²) in [6, 6.07) is 2.84. The Kier molecular flexibility index (Phi) is 3.23. The highest BCUT2D eigenvalue weighted by atomic mass is 19.2. The Hall–Kier alpha value is -1.12. The molecule has 1 nitrogen and oxygen atoms in total. The van der Waals surface area contributed by atoms with Gasteiger partial charge in [-0.2, -0.15) is 4.39 Å². The van der Waals surface area contributed by atoms with E-state index in [1.165, 1.54) is 25.3 Å². The number of ether oxygens (including phenoxy) is 1. The molecule has 0 aromatic heterocycles. The fourth-order valence-corrected chi connectivity index (χ4v) is 3.24. The summed E-state index contributed by atoms with van der Waals surface area (Å²) >= 11 is 0. The summed E-state index contributed by atoms with van der Waals surface area (Å²) in [6.07, 6.45) is 7.91. The highest BCUT2D eigenvalue weighted by molar-refractivity contribution is 5.37. The van der Waals surface area contributed by atoms with E-state index < -0.39 is 11.6 Å². The molecule has 1 atom stereocenters. The Morgan fingerprint density at radius 2 is 1.78 bits per heavy atom. The van der Waals surface area contributed by atoms with Crippen LogP contribution in [-0.2, 0) is 6.42 Å². The fourth-order valence-electron chi connectivity index (χ4n) is 3.24. The maximum absolute atomic E-state index is 13.7. The summed E-state index contributed by atoms with van der Waals surface area (Å²) in [4.78, 5) is 0. The van der Waals surface area contributed by atoms with Gasteiger partial charge in [0.2, 0.25) is 5.82 Å². The van der Waals surface area contributed by atoms with Gasteiger partial charge in [0.1, 0.15) is 6.10 Å². The van der Waals surface area contributed by atoms with Gasteiger partial charge in [0.05, 0.1) is 0 Å². The molecule has 0 N–H and O–H groups in total. The molecule has 1 aromatic carbocycles. The van der Waals surface area contributed by atoms with E-state index in [1.54, 1.807) is 6.07 Å². The average Bonchev–Trinajstić information content (AvgIpc) is 2.44.